The van der Waals surface area contributed by atoms with Crippen LogP contribution in [0, 0.1) is 17.3 Å². The molecule has 2 saturated carbocycles. The van der Waals surface area contributed by atoms with E-state index in [1.165, 1.54) is 44.1 Å². The van der Waals surface area contributed by atoms with Crippen molar-refractivity contribution in [1.82, 2.24) is 0 Å². The van der Waals surface area contributed by atoms with Gasteiger partial charge in [0.05, 0.1) is 0 Å². The summed E-state index contributed by atoms with van der Waals surface area (Å²) < 4.78 is 11.2. The molecule has 1 aliphatic heterocycles. The number of rotatable bonds is 1. The van der Waals surface area contributed by atoms with Crippen LogP contribution in [-0.4, -0.2) is 17.4 Å². The molecule has 2 aliphatic carbocycles. The first-order valence-electron chi connectivity index (χ1n) is 7.46. The van der Waals surface area contributed by atoms with Crippen LogP contribution in [0.2, 0.25) is 0 Å². The van der Waals surface area contributed by atoms with Gasteiger partial charge in [0.25, 0.3) is 0 Å². The molecule has 4 atom stereocenters. The number of hydrogen-bond donors (Lipinski definition) is 0. The van der Waals surface area contributed by atoms with E-state index in [1.54, 1.807) is 0 Å². The summed E-state index contributed by atoms with van der Waals surface area (Å²) in [6.45, 7) is 9.58. The summed E-state index contributed by atoms with van der Waals surface area (Å²) in [5, 5.41) is 0.332. The van der Waals surface area contributed by atoms with Gasteiger partial charge < -0.3 is 9.47 Å². The summed E-state index contributed by atoms with van der Waals surface area (Å²) >= 11 is 5.04. The molecule has 0 spiro atoms. The number of allylic oxidation sites excluding steroid dienone is 1. The molecular weight excluding hydrogens is 256 g/mol. The molecule has 1 saturated heterocycles. The Morgan fingerprint density at radius 1 is 1.32 bits per heavy atom. The standard InChI is InChI=1S/C16H24O2S/c1-11-5-4-7-15(2)8-6-12(9-13(11)15)16(3)10-17-14(19)18-16/h12-13H,1,4-10H2,2-3H3/t12-,13+,15-,16+/m1/s1. The Morgan fingerprint density at radius 2 is 2.11 bits per heavy atom. The predicted molar refractivity (Wildman–Crippen MR) is 80.0 cm³/mol. The van der Waals surface area contributed by atoms with Crippen LogP contribution in [0.25, 0.3) is 0 Å². The lowest BCUT2D eigenvalue weighted by molar-refractivity contribution is -0.0269. The molecular formula is C16H24O2S. The minimum atomic E-state index is -0.212. The maximum Gasteiger partial charge on any atom is 0.353 e. The van der Waals surface area contributed by atoms with Gasteiger partial charge in [-0.3, -0.25) is 0 Å². The fourth-order valence-electron chi connectivity index (χ4n) is 4.42. The first kappa shape index (κ1) is 13.4. The smallest absolute Gasteiger partial charge is 0.353 e. The Labute approximate surface area is 121 Å². The Balaban J connectivity index is 1.78. The largest absolute Gasteiger partial charge is 0.453 e. The van der Waals surface area contributed by atoms with Gasteiger partial charge in [-0.25, -0.2) is 0 Å². The van der Waals surface area contributed by atoms with E-state index in [0.717, 1.165) is 0 Å². The van der Waals surface area contributed by atoms with Gasteiger partial charge in [0, 0.05) is 18.1 Å². The van der Waals surface area contributed by atoms with Crippen LogP contribution >= 0.6 is 12.2 Å². The minimum Gasteiger partial charge on any atom is -0.453 e. The predicted octanol–water partition coefficient (Wildman–Crippen LogP) is 4.24. The lowest BCUT2D eigenvalue weighted by atomic mass is 9.55. The topological polar surface area (TPSA) is 18.5 Å². The van der Waals surface area contributed by atoms with Gasteiger partial charge in [-0.05, 0) is 56.8 Å². The fraction of sp³-hybridized carbons (Fsp3) is 0.812. The van der Waals surface area contributed by atoms with Gasteiger partial charge in [0.2, 0.25) is 0 Å². The maximum absolute atomic E-state index is 5.82. The normalized spacial score (nSPS) is 46.4. The number of ether oxygens (including phenoxy) is 2. The molecule has 0 amide bonds. The third-order valence-corrected chi connectivity index (χ3v) is 6.02. The van der Waals surface area contributed by atoms with Gasteiger partial charge in [-0.2, -0.15) is 0 Å². The molecule has 0 bridgehead atoms. The van der Waals surface area contributed by atoms with E-state index in [1.807, 2.05) is 0 Å². The maximum atomic E-state index is 5.82. The van der Waals surface area contributed by atoms with E-state index < -0.39 is 0 Å². The molecule has 0 radical (unpaired) electrons. The highest BCUT2D eigenvalue weighted by Gasteiger charge is 2.50. The zero-order valence-electron chi connectivity index (χ0n) is 12.0. The Hall–Kier alpha value is -0.570. The van der Waals surface area contributed by atoms with Crippen molar-refractivity contribution >= 4 is 17.5 Å². The molecule has 3 heteroatoms. The summed E-state index contributed by atoms with van der Waals surface area (Å²) in [7, 11) is 0. The van der Waals surface area contributed by atoms with E-state index in [-0.39, 0.29) is 5.60 Å². The highest BCUT2D eigenvalue weighted by atomic mass is 32.1. The molecule has 0 N–H and O–H groups in total. The van der Waals surface area contributed by atoms with Crippen LogP contribution in [0.4, 0.5) is 0 Å². The van der Waals surface area contributed by atoms with Gasteiger partial charge in [0.1, 0.15) is 12.2 Å². The van der Waals surface area contributed by atoms with Crippen molar-refractivity contribution < 1.29 is 9.47 Å². The third-order valence-electron chi connectivity index (χ3n) is 5.82. The zero-order valence-corrected chi connectivity index (χ0v) is 12.9. The first-order valence-corrected chi connectivity index (χ1v) is 7.87. The van der Waals surface area contributed by atoms with E-state index in [0.29, 0.717) is 29.1 Å². The molecule has 3 aliphatic rings. The van der Waals surface area contributed by atoms with Crippen molar-refractivity contribution in [3.8, 4) is 0 Å². The highest BCUT2D eigenvalue weighted by molar-refractivity contribution is 7.79. The number of hydrogen-bond acceptors (Lipinski definition) is 3. The van der Waals surface area contributed by atoms with Crippen LogP contribution in [0.1, 0.15) is 52.4 Å². The Kier molecular flexibility index (Phi) is 3.16. The Morgan fingerprint density at radius 3 is 2.79 bits per heavy atom. The SMILES string of the molecule is C=C1CCC[C@]2(C)CC[C@@H]([C@]3(C)COC(=S)O3)C[C@@H]12. The quantitative estimate of drug-likeness (QED) is 0.529. The average molecular weight is 280 g/mol. The molecule has 19 heavy (non-hydrogen) atoms. The lowest BCUT2D eigenvalue weighted by Crippen LogP contribution is -2.46. The third kappa shape index (κ3) is 2.20. The molecule has 3 rings (SSSR count). The monoisotopic (exact) mass is 280 g/mol. The number of thiocarbonyl (C=S) groups is 1. The summed E-state index contributed by atoms with van der Waals surface area (Å²) in [5.74, 6) is 1.20. The average Bonchev–Trinajstić information content (AvgIpc) is 2.70. The molecule has 0 unspecified atom stereocenters. The molecule has 3 fully saturated rings. The fourth-order valence-corrected chi connectivity index (χ4v) is 4.67. The van der Waals surface area contributed by atoms with Crippen LogP contribution in [0.15, 0.2) is 12.2 Å². The van der Waals surface area contributed by atoms with Crippen molar-refractivity contribution in [3.63, 3.8) is 0 Å². The molecule has 1 heterocycles. The van der Waals surface area contributed by atoms with Crippen molar-refractivity contribution in [2.24, 2.45) is 17.3 Å². The molecule has 0 aromatic heterocycles. The molecule has 2 nitrogen and oxygen atoms in total. The van der Waals surface area contributed by atoms with Crippen molar-refractivity contribution in [3.05, 3.63) is 12.2 Å². The number of fused-ring (bicyclic) bond motifs is 1. The van der Waals surface area contributed by atoms with Gasteiger partial charge in [-0.1, -0.05) is 19.1 Å². The molecule has 106 valence electrons. The Bertz CT molecular complexity index is 419. The lowest BCUT2D eigenvalue weighted by Gasteiger charge is -2.50. The second kappa shape index (κ2) is 4.47. The molecule has 0 aromatic carbocycles. The summed E-state index contributed by atoms with van der Waals surface area (Å²) in [6.07, 6.45) is 7.58. The van der Waals surface area contributed by atoms with E-state index >= 15 is 0 Å². The second-order valence-electron chi connectivity index (χ2n) is 7.14. The summed E-state index contributed by atoms with van der Waals surface area (Å²) in [4.78, 5) is 0. The van der Waals surface area contributed by atoms with Crippen LogP contribution in [0.3, 0.4) is 0 Å². The van der Waals surface area contributed by atoms with Gasteiger partial charge in [0.15, 0.2) is 0 Å². The van der Waals surface area contributed by atoms with Gasteiger partial charge >= 0.3 is 5.24 Å². The van der Waals surface area contributed by atoms with Crippen LogP contribution in [0.5, 0.6) is 0 Å². The van der Waals surface area contributed by atoms with E-state index in [9.17, 15) is 0 Å². The first-order chi connectivity index (χ1) is 8.93. The molecule has 0 aromatic rings. The summed E-state index contributed by atoms with van der Waals surface area (Å²) in [6, 6.07) is 0. The zero-order chi connectivity index (χ0) is 13.7. The minimum absolute atomic E-state index is 0.212. The summed E-state index contributed by atoms with van der Waals surface area (Å²) in [5.41, 5.74) is 1.72. The van der Waals surface area contributed by atoms with Crippen molar-refractivity contribution in [2.75, 3.05) is 6.61 Å². The van der Waals surface area contributed by atoms with Crippen LogP contribution in [-0.2, 0) is 9.47 Å². The highest BCUT2D eigenvalue weighted by Crippen LogP contribution is 2.55. The van der Waals surface area contributed by atoms with E-state index in [4.69, 9.17) is 21.7 Å². The van der Waals surface area contributed by atoms with Crippen molar-refractivity contribution in [2.45, 2.75) is 58.0 Å². The second-order valence-corrected chi connectivity index (χ2v) is 7.48. The van der Waals surface area contributed by atoms with Crippen LogP contribution < -0.4 is 0 Å². The van der Waals surface area contributed by atoms with Crippen molar-refractivity contribution in [1.29, 1.82) is 0 Å². The van der Waals surface area contributed by atoms with E-state index in [2.05, 4.69) is 20.4 Å². The van der Waals surface area contributed by atoms with Gasteiger partial charge in [-0.15, -0.1) is 0 Å².